The molecule has 2 aliphatic heterocycles. The second-order valence-corrected chi connectivity index (χ2v) is 10.0. The Hall–Kier alpha value is -3.36. The van der Waals surface area contributed by atoms with E-state index in [4.69, 9.17) is 14.2 Å². The number of aryl methyl sites for hydroxylation is 1. The number of amides is 1. The van der Waals surface area contributed by atoms with E-state index in [1.807, 2.05) is 44.2 Å². The number of morpholine rings is 1. The van der Waals surface area contributed by atoms with Crippen LogP contribution < -0.4 is 9.47 Å². The van der Waals surface area contributed by atoms with Gasteiger partial charge in [-0.25, -0.2) is 0 Å². The Morgan fingerprint density at radius 3 is 2.31 bits per heavy atom. The summed E-state index contributed by atoms with van der Waals surface area (Å²) in [7, 11) is 0. The van der Waals surface area contributed by atoms with Gasteiger partial charge >= 0.3 is 0 Å². The standard InChI is InChI=1S/C31H40N2O6/c1-4-6-18-39-25-11-12-26(22(3)21-25)29(34)27-28(23-7-9-24(10-8-23)38-17-5-2)33(31(36)30(27)35)14-13-32-15-19-37-20-16-32/h7-12,21,28,34H,4-6,13-20H2,1-3H3. The summed E-state index contributed by atoms with van der Waals surface area (Å²) >= 11 is 0. The van der Waals surface area contributed by atoms with Crippen LogP contribution in [0, 0.1) is 6.92 Å². The number of unbranched alkanes of at least 4 members (excludes halogenated alkanes) is 1. The number of aliphatic hydroxyl groups excluding tert-OH is 1. The van der Waals surface area contributed by atoms with Gasteiger partial charge in [0.1, 0.15) is 17.3 Å². The van der Waals surface area contributed by atoms with Crippen molar-refractivity contribution in [2.75, 3.05) is 52.6 Å². The number of Topliss-reactive ketones (excluding diaryl/α,β-unsaturated/α-hetero) is 1. The monoisotopic (exact) mass is 536 g/mol. The Morgan fingerprint density at radius 1 is 0.949 bits per heavy atom. The highest BCUT2D eigenvalue weighted by Gasteiger charge is 2.46. The molecular weight excluding hydrogens is 496 g/mol. The first-order valence-electron chi connectivity index (χ1n) is 14.0. The number of carbonyl (C=O) groups is 2. The van der Waals surface area contributed by atoms with E-state index in [9.17, 15) is 14.7 Å². The summed E-state index contributed by atoms with van der Waals surface area (Å²) in [5, 5.41) is 11.5. The number of benzene rings is 2. The lowest BCUT2D eigenvalue weighted by Gasteiger charge is -2.31. The molecule has 0 saturated carbocycles. The lowest BCUT2D eigenvalue weighted by molar-refractivity contribution is -0.140. The average Bonchev–Trinajstić information content (AvgIpc) is 3.20. The van der Waals surface area contributed by atoms with Crippen LogP contribution in [0.15, 0.2) is 48.0 Å². The Labute approximate surface area is 231 Å². The lowest BCUT2D eigenvalue weighted by Crippen LogP contribution is -2.42. The van der Waals surface area contributed by atoms with Crippen LogP contribution in [0.3, 0.4) is 0 Å². The molecule has 2 aromatic carbocycles. The fourth-order valence-corrected chi connectivity index (χ4v) is 4.97. The summed E-state index contributed by atoms with van der Waals surface area (Å²) in [6, 6.07) is 12.1. The van der Waals surface area contributed by atoms with E-state index in [-0.39, 0.29) is 11.3 Å². The van der Waals surface area contributed by atoms with Crippen LogP contribution in [0.1, 0.15) is 55.8 Å². The predicted molar refractivity (Wildman–Crippen MR) is 150 cm³/mol. The van der Waals surface area contributed by atoms with Crippen molar-refractivity contribution in [3.05, 3.63) is 64.7 Å². The van der Waals surface area contributed by atoms with Gasteiger partial charge in [0.2, 0.25) is 0 Å². The Balaban J connectivity index is 1.68. The minimum absolute atomic E-state index is 0.104. The molecule has 0 bridgehead atoms. The molecule has 1 amide bonds. The Bertz CT molecular complexity index is 1170. The second-order valence-electron chi connectivity index (χ2n) is 10.0. The summed E-state index contributed by atoms with van der Waals surface area (Å²) in [6.07, 6.45) is 2.89. The molecule has 0 spiro atoms. The number of aliphatic hydroxyl groups is 1. The third-order valence-corrected chi connectivity index (χ3v) is 7.19. The molecular formula is C31H40N2O6. The second kappa shape index (κ2) is 13.6. The molecule has 2 saturated heterocycles. The van der Waals surface area contributed by atoms with Gasteiger partial charge in [0, 0.05) is 31.7 Å². The molecule has 2 aromatic rings. The maximum absolute atomic E-state index is 13.4. The predicted octanol–water partition coefficient (Wildman–Crippen LogP) is 4.72. The summed E-state index contributed by atoms with van der Waals surface area (Å²) in [6.45, 7) is 11.1. The van der Waals surface area contributed by atoms with Gasteiger partial charge < -0.3 is 24.2 Å². The van der Waals surface area contributed by atoms with E-state index in [0.29, 0.717) is 50.8 Å². The number of hydrogen-bond acceptors (Lipinski definition) is 7. The number of likely N-dealkylation sites (tertiary alicyclic amines) is 1. The highest BCUT2D eigenvalue weighted by atomic mass is 16.5. The third kappa shape index (κ3) is 6.81. The van der Waals surface area contributed by atoms with Crippen molar-refractivity contribution in [2.24, 2.45) is 0 Å². The van der Waals surface area contributed by atoms with Crippen molar-refractivity contribution in [3.63, 3.8) is 0 Å². The maximum Gasteiger partial charge on any atom is 0.295 e. The highest BCUT2D eigenvalue weighted by Crippen LogP contribution is 2.40. The van der Waals surface area contributed by atoms with Gasteiger partial charge in [-0.2, -0.15) is 0 Å². The molecule has 210 valence electrons. The van der Waals surface area contributed by atoms with Crippen LogP contribution in [-0.4, -0.2) is 79.2 Å². The molecule has 1 N–H and O–H groups in total. The van der Waals surface area contributed by atoms with Crippen LogP contribution >= 0.6 is 0 Å². The molecule has 2 fully saturated rings. The van der Waals surface area contributed by atoms with Crippen molar-refractivity contribution in [1.29, 1.82) is 0 Å². The van der Waals surface area contributed by atoms with Gasteiger partial charge in [-0.05, 0) is 61.2 Å². The van der Waals surface area contributed by atoms with E-state index >= 15 is 0 Å². The van der Waals surface area contributed by atoms with E-state index < -0.39 is 17.7 Å². The number of rotatable bonds is 12. The molecule has 0 aliphatic carbocycles. The fraction of sp³-hybridized carbons (Fsp3) is 0.484. The SMILES string of the molecule is CCCCOc1ccc(C(O)=C2C(=O)C(=O)N(CCN3CCOCC3)C2c2ccc(OCCC)cc2)c(C)c1. The fourth-order valence-electron chi connectivity index (χ4n) is 4.97. The minimum atomic E-state index is -0.703. The molecule has 0 aromatic heterocycles. The number of ether oxygens (including phenoxy) is 3. The van der Waals surface area contributed by atoms with E-state index in [1.165, 1.54) is 0 Å². The van der Waals surface area contributed by atoms with Gasteiger partial charge in [0.15, 0.2) is 0 Å². The zero-order valence-corrected chi connectivity index (χ0v) is 23.3. The van der Waals surface area contributed by atoms with E-state index in [2.05, 4.69) is 11.8 Å². The quantitative estimate of drug-likeness (QED) is 0.182. The zero-order valence-electron chi connectivity index (χ0n) is 23.3. The number of nitrogens with zero attached hydrogens (tertiary/aromatic N) is 2. The molecule has 39 heavy (non-hydrogen) atoms. The lowest BCUT2D eigenvalue weighted by atomic mass is 9.94. The van der Waals surface area contributed by atoms with Crippen molar-refractivity contribution < 1.29 is 28.9 Å². The van der Waals surface area contributed by atoms with Gasteiger partial charge in [0.05, 0.1) is 38.0 Å². The van der Waals surface area contributed by atoms with Crippen molar-refractivity contribution in [2.45, 2.75) is 46.1 Å². The summed E-state index contributed by atoms with van der Waals surface area (Å²) in [5.41, 5.74) is 2.13. The Morgan fingerprint density at radius 2 is 1.64 bits per heavy atom. The first-order chi connectivity index (χ1) is 18.9. The maximum atomic E-state index is 13.4. The first-order valence-corrected chi connectivity index (χ1v) is 14.0. The van der Waals surface area contributed by atoms with Crippen molar-refractivity contribution >= 4 is 17.4 Å². The van der Waals surface area contributed by atoms with Gasteiger partial charge in [0.25, 0.3) is 11.7 Å². The van der Waals surface area contributed by atoms with Crippen LogP contribution in [0.5, 0.6) is 11.5 Å². The third-order valence-electron chi connectivity index (χ3n) is 7.19. The van der Waals surface area contributed by atoms with Crippen LogP contribution in [0.2, 0.25) is 0 Å². The number of hydrogen-bond donors (Lipinski definition) is 1. The van der Waals surface area contributed by atoms with Crippen molar-refractivity contribution in [3.8, 4) is 11.5 Å². The van der Waals surface area contributed by atoms with E-state index in [1.54, 1.807) is 17.0 Å². The average molecular weight is 537 g/mol. The van der Waals surface area contributed by atoms with E-state index in [0.717, 1.165) is 49.2 Å². The Kier molecular flexibility index (Phi) is 10.0. The topological polar surface area (TPSA) is 88.5 Å². The normalized spacial score (nSPS) is 19.5. The van der Waals surface area contributed by atoms with Crippen LogP contribution in [-0.2, 0) is 14.3 Å². The smallest absolute Gasteiger partial charge is 0.295 e. The molecule has 8 nitrogen and oxygen atoms in total. The molecule has 2 aliphatic rings. The van der Waals surface area contributed by atoms with Crippen molar-refractivity contribution in [1.82, 2.24) is 9.80 Å². The molecule has 8 heteroatoms. The number of carbonyl (C=O) groups excluding carboxylic acids is 2. The largest absolute Gasteiger partial charge is 0.507 e. The van der Waals surface area contributed by atoms with Crippen LogP contribution in [0.25, 0.3) is 5.76 Å². The number of ketones is 1. The molecule has 4 rings (SSSR count). The minimum Gasteiger partial charge on any atom is -0.507 e. The molecule has 0 radical (unpaired) electrons. The zero-order chi connectivity index (χ0) is 27.8. The van der Waals surface area contributed by atoms with Gasteiger partial charge in [-0.1, -0.05) is 32.4 Å². The van der Waals surface area contributed by atoms with Gasteiger partial charge in [-0.3, -0.25) is 14.5 Å². The summed E-state index contributed by atoms with van der Waals surface area (Å²) in [4.78, 5) is 30.6. The summed E-state index contributed by atoms with van der Waals surface area (Å²) in [5.74, 6) is -0.00838. The molecule has 1 unspecified atom stereocenters. The molecule has 2 heterocycles. The van der Waals surface area contributed by atoms with Gasteiger partial charge in [-0.15, -0.1) is 0 Å². The first kappa shape index (κ1) is 28.6. The van der Waals surface area contributed by atoms with Crippen LogP contribution in [0.4, 0.5) is 0 Å². The highest BCUT2D eigenvalue weighted by molar-refractivity contribution is 6.46. The summed E-state index contributed by atoms with van der Waals surface area (Å²) < 4.78 is 17.0. The molecule has 1 atom stereocenters.